The van der Waals surface area contributed by atoms with E-state index in [0.717, 1.165) is 30.2 Å². The van der Waals surface area contributed by atoms with Gasteiger partial charge in [0.05, 0.1) is 5.69 Å². The number of nitrogens with zero attached hydrogens (tertiary/aromatic N) is 5. The molecule has 0 saturated carbocycles. The fourth-order valence-corrected chi connectivity index (χ4v) is 2.72. The first kappa shape index (κ1) is 11.4. The first-order chi connectivity index (χ1) is 9.92. The molecular formula is C15H15N5. The Balaban J connectivity index is 1.90. The lowest BCUT2D eigenvalue weighted by molar-refractivity contribution is 0.851. The molecule has 20 heavy (non-hydrogen) atoms. The van der Waals surface area contributed by atoms with Crippen LogP contribution in [0.3, 0.4) is 0 Å². The molecule has 0 spiro atoms. The van der Waals surface area contributed by atoms with E-state index in [1.165, 1.54) is 12.8 Å². The van der Waals surface area contributed by atoms with Crippen LogP contribution in [0.5, 0.6) is 0 Å². The summed E-state index contributed by atoms with van der Waals surface area (Å²) in [7, 11) is 0. The lowest BCUT2D eigenvalue weighted by atomic mass is 10.1. The standard InChI is InChI=1S/C15H15N5/c1-2-6-12(7-3-1)13-10-14(19-8-4-5-9-19)20-15(18-13)16-11-17-20/h1-3,6-7,10-11H,4-5,8-9H2. The zero-order valence-electron chi connectivity index (χ0n) is 11.1. The highest BCUT2D eigenvalue weighted by atomic mass is 15.4. The Morgan fingerprint density at radius 1 is 1.00 bits per heavy atom. The van der Waals surface area contributed by atoms with Crippen molar-refractivity contribution in [2.75, 3.05) is 18.0 Å². The van der Waals surface area contributed by atoms with Crippen LogP contribution in [-0.2, 0) is 0 Å². The fraction of sp³-hybridized carbons (Fsp3) is 0.267. The monoisotopic (exact) mass is 265 g/mol. The molecule has 1 aliphatic rings. The highest BCUT2D eigenvalue weighted by Gasteiger charge is 2.18. The van der Waals surface area contributed by atoms with Gasteiger partial charge >= 0.3 is 0 Å². The van der Waals surface area contributed by atoms with Crippen molar-refractivity contribution in [2.45, 2.75) is 12.8 Å². The summed E-state index contributed by atoms with van der Waals surface area (Å²) in [6, 6.07) is 12.3. The summed E-state index contributed by atoms with van der Waals surface area (Å²) in [5.41, 5.74) is 2.06. The van der Waals surface area contributed by atoms with Crippen molar-refractivity contribution in [2.24, 2.45) is 0 Å². The van der Waals surface area contributed by atoms with Crippen LogP contribution in [-0.4, -0.2) is 32.7 Å². The van der Waals surface area contributed by atoms with E-state index in [2.05, 4.69) is 38.2 Å². The number of hydrogen-bond donors (Lipinski definition) is 0. The third-order valence-corrected chi connectivity index (χ3v) is 3.73. The molecule has 1 aliphatic heterocycles. The SMILES string of the molecule is c1ccc(-c2cc(N3CCCC3)n3ncnc3n2)cc1. The summed E-state index contributed by atoms with van der Waals surface area (Å²) in [5.74, 6) is 1.75. The van der Waals surface area contributed by atoms with E-state index in [1.54, 1.807) is 6.33 Å². The minimum Gasteiger partial charge on any atom is -0.356 e. The van der Waals surface area contributed by atoms with Gasteiger partial charge in [-0.15, -0.1) is 0 Å². The predicted molar refractivity (Wildman–Crippen MR) is 77.7 cm³/mol. The van der Waals surface area contributed by atoms with E-state index in [1.807, 2.05) is 22.7 Å². The molecule has 3 aromatic rings. The minimum absolute atomic E-state index is 0.660. The fourth-order valence-electron chi connectivity index (χ4n) is 2.72. The summed E-state index contributed by atoms with van der Waals surface area (Å²) in [5, 5.41) is 4.30. The molecule has 1 saturated heterocycles. The van der Waals surface area contributed by atoms with Crippen LogP contribution in [0.2, 0.25) is 0 Å². The van der Waals surface area contributed by atoms with E-state index in [9.17, 15) is 0 Å². The molecule has 0 N–H and O–H groups in total. The molecule has 0 amide bonds. The lowest BCUT2D eigenvalue weighted by Gasteiger charge is -2.18. The van der Waals surface area contributed by atoms with Crippen molar-refractivity contribution < 1.29 is 0 Å². The number of rotatable bonds is 2. The average Bonchev–Trinajstić information content (AvgIpc) is 3.18. The number of aromatic nitrogens is 4. The first-order valence-corrected chi connectivity index (χ1v) is 6.93. The van der Waals surface area contributed by atoms with Gasteiger partial charge in [-0.05, 0) is 12.8 Å². The number of anilines is 1. The van der Waals surface area contributed by atoms with Crippen molar-refractivity contribution in [1.29, 1.82) is 0 Å². The van der Waals surface area contributed by atoms with Gasteiger partial charge in [0.15, 0.2) is 0 Å². The second-order valence-corrected chi connectivity index (χ2v) is 5.03. The predicted octanol–water partition coefficient (Wildman–Crippen LogP) is 2.39. The first-order valence-electron chi connectivity index (χ1n) is 6.93. The topological polar surface area (TPSA) is 46.3 Å². The van der Waals surface area contributed by atoms with Gasteiger partial charge in [-0.1, -0.05) is 30.3 Å². The number of benzene rings is 1. The van der Waals surface area contributed by atoms with Crippen LogP contribution in [0.15, 0.2) is 42.7 Å². The molecule has 4 rings (SSSR count). The largest absolute Gasteiger partial charge is 0.356 e. The van der Waals surface area contributed by atoms with Gasteiger partial charge in [-0.3, -0.25) is 0 Å². The molecular weight excluding hydrogens is 250 g/mol. The van der Waals surface area contributed by atoms with Gasteiger partial charge in [0.1, 0.15) is 12.1 Å². The number of fused-ring (bicyclic) bond motifs is 1. The Kier molecular flexibility index (Phi) is 2.62. The Labute approximate surface area is 116 Å². The Morgan fingerprint density at radius 3 is 2.60 bits per heavy atom. The summed E-state index contributed by atoms with van der Waals surface area (Å²) in [4.78, 5) is 11.2. The van der Waals surface area contributed by atoms with Gasteiger partial charge in [-0.2, -0.15) is 14.6 Å². The van der Waals surface area contributed by atoms with Crippen LogP contribution < -0.4 is 4.90 Å². The Bertz CT molecular complexity index is 728. The van der Waals surface area contributed by atoms with Crippen molar-refractivity contribution >= 4 is 11.6 Å². The van der Waals surface area contributed by atoms with E-state index < -0.39 is 0 Å². The molecule has 0 bridgehead atoms. The van der Waals surface area contributed by atoms with Gasteiger partial charge in [0.25, 0.3) is 5.78 Å². The molecule has 1 aromatic carbocycles. The number of hydrogen-bond acceptors (Lipinski definition) is 4. The van der Waals surface area contributed by atoms with E-state index in [4.69, 9.17) is 0 Å². The molecule has 100 valence electrons. The molecule has 1 fully saturated rings. The molecule has 0 atom stereocenters. The Morgan fingerprint density at radius 2 is 1.80 bits per heavy atom. The van der Waals surface area contributed by atoms with Gasteiger partial charge < -0.3 is 4.90 Å². The summed E-state index contributed by atoms with van der Waals surface area (Å²) >= 11 is 0. The zero-order chi connectivity index (χ0) is 13.4. The van der Waals surface area contributed by atoms with E-state index in [-0.39, 0.29) is 0 Å². The maximum atomic E-state index is 4.60. The van der Waals surface area contributed by atoms with Gasteiger partial charge in [0, 0.05) is 24.7 Å². The third kappa shape index (κ3) is 1.82. The van der Waals surface area contributed by atoms with Crippen LogP contribution in [0, 0.1) is 0 Å². The highest BCUT2D eigenvalue weighted by Crippen LogP contribution is 2.25. The molecule has 3 heterocycles. The Hall–Kier alpha value is -2.43. The maximum absolute atomic E-state index is 4.60. The molecule has 5 nitrogen and oxygen atoms in total. The quantitative estimate of drug-likeness (QED) is 0.713. The molecule has 5 heteroatoms. The van der Waals surface area contributed by atoms with Crippen molar-refractivity contribution in [3.8, 4) is 11.3 Å². The maximum Gasteiger partial charge on any atom is 0.254 e. The van der Waals surface area contributed by atoms with Crippen molar-refractivity contribution in [3.05, 3.63) is 42.7 Å². The molecule has 0 unspecified atom stereocenters. The van der Waals surface area contributed by atoms with Crippen molar-refractivity contribution in [3.63, 3.8) is 0 Å². The van der Waals surface area contributed by atoms with E-state index in [0.29, 0.717) is 5.78 Å². The van der Waals surface area contributed by atoms with E-state index >= 15 is 0 Å². The molecule has 0 radical (unpaired) electrons. The van der Waals surface area contributed by atoms with Gasteiger partial charge in [0.2, 0.25) is 0 Å². The van der Waals surface area contributed by atoms with Crippen LogP contribution in [0.4, 0.5) is 5.82 Å². The third-order valence-electron chi connectivity index (χ3n) is 3.73. The van der Waals surface area contributed by atoms with Crippen LogP contribution in [0.1, 0.15) is 12.8 Å². The summed E-state index contributed by atoms with van der Waals surface area (Å²) < 4.78 is 1.83. The zero-order valence-corrected chi connectivity index (χ0v) is 11.1. The smallest absolute Gasteiger partial charge is 0.254 e. The highest BCUT2D eigenvalue weighted by molar-refractivity contribution is 5.65. The molecule has 2 aromatic heterocycles. The van der Waals surface area contributed by atoms with Crippen LogP contribution in [0.25, 0.3) is 17.0 Å². The average molecular weight is 265 g/mol. The van der Waals surface area contributed by atoms with Crippen LogP contribution >= 0.6 is 0 Å². The van der Waals surface area contributed by atoms with Crippen molar-refractivity contribution in [1.82, 2.24) is 19.6 Å². The summed E-state index contributed by atoms with van der Waals surface area (Å²) in [6.07, 6.45) is 4.04. The minimum atomic E-state index is 0.660. The second-order valence-electron chi connectivity index (χ2n) is 5.03. The molecule has 0 aliphatic carbocycles. The van der Waals surface area contributed by atoms with Gasteiger partial charge in [-0.25, -0.2) is 4.98 Å². The second kappa shape index (κ2) is 4.59. The lowest BCUT2D eigenvalue weighted by Crippen LogP contribution is -2.21. The summed E-state index contributed by atoms with van der Waals surface area (Å²) in [6.45, 7) is 2.15. The normalized spacial score (nSPS) is 15.1.